The number of hydrogen-bond acceptors (Lipinski definition) is 6. The van der Waals surface area contributed by atoms with Crippen molar-refractivity contribution in [3.05, 3.63) is 76.6 Å². The minimum absolute atomic E-state index is 0.330. The van der Waals surface area contributed by atoms with E-state index in [-0.39, 0.29) is 11.8 Å². The summed E-state index contributed by atoms with van der Waals surface area (Å²) in [4.78, 5) is 16.8. The number of ether oxygens (including phenoxy) is 1. The quantitative estimate of drug-likeness (QED) is 0.420. The molecule has 1 aliphatic heterocycles. The number of piperazine rings is 1. The number of benzene rings is 2. The van der Waals surface area contributed by atoms with Crippen LogP contribution in [0.1, 0.15) is 17.2 Å². The second-order valence-electron chi connectivity index (χ2n) is 7.84. The molecule has 1 fully saturated rings. The third-order valence-electron chi connectivity index (χ3n) is 5.82. The molecule has 2 aromatic carbocycles. The third kappa shape index (κ3) is 4.64. The maximum absolute atomic E-state index is 13.3. The number of carbonyl (C=O) groups excluding carboxylic acids is 1. The first-order chi connectivity index (χ1) is 15.5. The van der Waals surface area contributed by atoms with Crippen molar-refractivity contribution in [2.24, 2.45) is 0 Å². The van der Waals surface area contributed by atoms with Gasteiger partial charge in [0.1, 0.15) is 18.2 Å². The van der Waals surface area contributed by atoms with Crippen molar-refractivity contribution in [2.75, 3.05) is 33.3 Å². The fourth-order valence-corrected chi connectivity index (χ4v) is 4.29. The van der Waals surface area contributed by atoms with Gasteiger partial charge in [-0.1, -0.05) is 30.3 Å². The van der Waals surface area contributed by atoms with Crippen LogP contribution in [0.2, 0.25) is 0 Å². The fourth-order valence-electron chi connectivity index (χ4n) is 4.04. The monoisotopic (exact) mass is 455 g/mol. The number of hydrogen-bond donors (Lipinski definition) is 0. The fraction of sp³-hybridized carbons (Fsp3) is 0.348. The van der Waals surface area contributed by atoms with Crippen LogP contribution in [0, 0.1) is 17.5 Å². The van der Waals surface area contributed by atoms with E-state index >= 15 is 0 Å². The van der Waals surface area contributed by atoms with Crippen LogP contribution in [-0.2, 0) is 16.2 Å². The molecule has 0 bridgehead atoms. The molecule has 0 spiro atoms. The molecule has 4 rings (SSSR count). The van der Waals surface area contributed by atoms with Crippen molar-refractivity contribution in [3.8, 4) is 5.69 Å². The Balaban J connectivity index is 1.44. The molecule has 168 valence electrons. The lowest BCUT2D eigenvalue weighted by atomic mass is 10.0. The van der Waals surface area contributed by atoms with Crippen molar-refractivity contribution in [1.82, 2.24) is 24.1 Å². The number of rotatable bonds is 6. The van der Waals surface area contributed by atoms with Crippen LogP contribution in [0.5, 0.6) is 0 Å². The highest BCUT2D eigenvalue weighted by molar-refractivity contribution is 7.71. The summed E-state index contributed by atoms with van der Waals surface area (Å²) >= 11 is 5.66. The highest BCUT2D eigenvalue weighted by atomic mass is 32.1. The van der Waals surface area contributed by atoms with Gasteiger partial charge in [-0.2, -0.15) is 5.10 Å². The summed E-state index contributed by atoms with van der Waals surface area (Å²) in [5.74, 6) is -0.673. The molecule has 1 atom stereocenters. The van der Waals surface area contributed by atoms with E-state index in [1.54, 1.807) is 18.5 Å². The summed E-state index contributed by atoms with van der Waals surface area (Å²) in [6, 6.07) is 13.5. The van der Waals surface area contributed by atoms with Crippen molar-refractivity contribution < 1.29 is 13.9 Å². The molecule has 3 aromatic rings. The van der Waals surface area contributed by atoms with Crippen molar-refractivity contribution in [2.45, 2.75) is 19.6 Å². The van der Waals surface area contributed by atoms with E-state index in [2.05, 4.69) is 14.9 Å². The standard InChI is InChI=1S/C23H26FN5O2S/c1-17-5-3-4-6-20(17)28-15-25-29(23(28)32)16-26-11-13-27(14-12-26)21(22(30)31-2)18-7-9-19(24)10-8-18/h3-10,15,21H,11-14,16H2,1-2H3. The SMILES string of the molecule is COC(=O)C(c1ccc(F)cc1)N1CCN(Cn2ncn(-c3ccccc3C)c2=S)CC1. The highest BCUT2D eigenvalue weighted by Gasteiger charge is 2.31. The summed E-state index contributed by atoms with van der Waals surface area (Å²) < 4.78 is 22.7. The Morgan fingerprint density at radius 2 is 1.81 bits per heavy atom. The Labute approximate surface area is 191 Å². The van der Waals surface area contributed by atoms with Gasteiger partial charge in [0.25, 0.3) is 0 Å². The Kier molecular flexibility index (Phi) is 6.78. The van der Waals surface area contributed by atoms with Crippen LogP contribution < -0.4 is 0 Å². The number of aromatic nitrogens is 3. The zero-order valence-electron chi connectivity index (χ0n) is 18.1. The molecule has 1 aromatic heterocycles. The van der Waals surface area contributed by atoms with Crippen LogP contribution in [-0.4, -0.2) is 63.4 Å². The summed E-state index contributed by atoms with van der Waals surface area (Å²) in [6.07, 6.45) is 1.75. The van der Waals surface area contributed by atoms with E-state index in [0.29, 0.717) is 24.5 Å². The van der Waals surface area contributed by atoms with Crippen molar-refractivity contribution in [3.63, 3.8) is 0 Å². The lowest BCUT2D eigenvalue weighted by Crippen LogP contribution is -2.49. The highest BCUT2D eigenvalue weighted by Crippen LogP contribution is 2.24. The number of aryl methyl sites for hydroxylation is 1. The molecular formula is C23H26FN5O2S. The van der Waals surface area contributed by atoms with Crippen molar-refractivity contribution in [1.29, 1.82) is 0 Å². The Hall–Kier alpha value is -2.88. The topological polar surface area (TPSA) is 55.5 Å². The van der Waals surface area contributed by atoms with Crippen LogP contribution >= 0.6 is 12.2 Å². The number of halogens is 1. The molecule has 1 saturated heterocycles. The molecule has 0 amide bonds. The number of methoxy groups -OCH3 is 1. The average Bonchev–Trinajstić information content (AvgIpc) is 3.16. The van der Waals surface area contributed by atoms with Gasteiger partial charge in [-0.25, -0.2) is 13.9 Å². The lowest BCUT2D eigenvalue weighted by molar-refractivity contribution is -0.148. The van der Waals surface area contributed by atoms with E-state index in [1.165, 1.54) is 19.2 Å². The maximum Gasteiger partial charge on any atom is 0.327 e. The summed E-state index contributed by atoms with van der Waals surface area (Å²) in [6.45, 7) is 5.45. The Morgan fingerprint density at radius 1 is 1.12 bits per heavy atom. The Bertz CT molecular complexity index is 1140. The predicted octanol–water partition coefficient (Wildman–Crippen LogP) is 3.34. The summed E-state index contributed by atoms with van der Waals surface area (Å²) in [7, 11) is 1.38. The smallest absolute Gasteiger partial charge is 0.327 e. The molecule has 0 N–H and O–H groups in total. The van der Waals surface area contributed by atoms with E-state index in [4.69, 9.17) is 17.0 Å². The van der Waals surface area contributed by atoms with E-state index in [0.717, 1.165) is 29.9 Å². The maximum atomic E-state index is 13.3. The zero-order chi connectivity index (χ0) is 22.7. The second-order valence-corrected chi connectivity index (χ2v) is 8.21. The lowest BCUT2D eigenvalue weighted by Gasteiger charge is -2.38. The molecule has 0 aliphatic carbocycles. The first kappa shape index (κ1) is 22.3. The zero-order valence-corrected chi connectivity index (χ0v) is 19.0. The van der Waals surface area contributed by atoms with Gasteiger partial charge in [0.2, 0.25) is 4.77 Å². The van der Waals surface area contributed by atoms with Gasteiger partial charge in [0.15, 0.2) is 0 Å². The Morgan fingerprint density at radius 3 is 2.47 bits per heavy atom. The molecular weight excluding hydrogens is 429 g/mol. The molecule has 2 heterocycles. The minimum Gasteiger partial charge on any atom is -0.468 e. The summed E-state index contributed by atoms with van der Waals surface area (Å²) in [5.41, 5.74) is 2.88. The van der Waals surface area contributed by atoms with E-state index in [9.17, 15) is 9.18 Å². The van der Waals surface area contributed by atoms with Crippen LogP contribution in [0.25, 0.3) is 5.69 Å². The van der Waals surface area contributed by atoms with Gasteiger partial charge >= 0.3 is 5.97 Å². The van der Waals surface area contributed by atoms with Gasteiger partial charge in [-0.3, -0.25) is 14.4 Å². The van der Waals surface area contributed by atoms with Gasteiger partial charge in [-0.05, 0) is 48.5 Å². The second kappa shape index (κ2) is 9.72. The third-order valence-corrected chi connectivity index (χ3v) is 6.23. The number of esters is 1. The normalized spacial score (nSPS) is 16.1. The first-order valence-corrected chi connectivity index (χ1v) is 10.9. The van der Waals surface area contributed by atoms with Gasteiger partial charge in [-0.15, -0.1) is 0 Å². The van der Waals surface area contributed by atoms with Crippen LogP contribution in [0.3, 0.4) is 0 Å². The number of carbonyl (C=O) groups is 1. The first-order valence-electron chi connectivity index (χ1n) is 10.5. The number of para-hydroxylation sites is 1. The number of nitrogens with zero attached hydrogens (tertiary/aromatic N) is 5. The molecule has 7 nitrogen and oxygen atoms in total. The minimum atomic E-state index is -0.551. The van der Waals surface area contributed by atoms with E-state index < -0.39 is 6.04 Å². The summed E-state index contributed by atoms with van der Waals surface area (Å²) in [5, 5.41) is 4.49. The van der Waals surface area contributed by atoms with Crippen molar-refractivity contribution >= 4 is 18.2 Å². The molecule has 0 radical (unpaired) electrons. The predicted molar refractivity (Wildman–Crippen MR) is 121 cm³/mol. The van der Waals surface area contributed by atoms with Gasteiger partial charge < -0.3 is 4.74 Å². The van der Waals surface area contributed by atoms with Gasteiger partial charge in [0, 0.05) is 26.2 Å². The molecule has 9 heteroatoms. The largest absolute Gasteiger partial charge is 0.468 e. The van der Waals surface area contributed by atoms with Gasteiger partial charge in [0.05, 0.1) is 19.5 Å². The molecule has 0 saturated carbocycles. The van der Waals surface area contributed by atoms with Crippen LogP contribution in [0.4, 0.5) is 4.39 Å². The molecule has 32 heavy (non-hydrogen) atoms. The molecule has 1 aliphatic rings. The van der Waals surface area contributed by atoms with E-state index in [1.807, 2.05) is 40.4 Å². The molecule has 1 unspecified atom stereocenters. The van der Waals surface area contributed by atoms with Crippen LogP contribution in [0.15, 0.2) is 54.9 Å². The average molecular weight is 456 g/mol.